The fourth-order valence-corrected chi connectivity index (χ4v) is 3.48. The van der Waals surface area contributed by atoms with Gasteiger partial charge in [0.2, 0.25) is 5.91 Å². The zero-order valence-corrected chi connectivity index (χ0v) is 17.5. The van der Waals surface area contributed by atoms with Crippen LogP contribution in [0.5, 0.6) is 0 Å². The summed E-state index contributed by atoms with van der Waals surface area (Å²) in [7, 11) is -3.46. The number of carbonyl (C=O) groups excluding carboxylic acids is 1. The van der Waals surface area contributed by atoms with Crippen LogP contribution in [0.2, 0.25) is 0 Å². The van der Waals surface area contributed by atoms with Crippen molar-refractivity contribution in [3.63, 3.8) is 0 Å². The first-order chi connectivity index (χ1) is 14.5. The highest BCUT2D eigenvalue weighted by Crippen LogP contribution is 2.42. The molecule has 6 N–H and O–H groups in total. The maximum atomic E-state index is 12.4. The minimum Gasteiger partial charge on any atom is -0.480 e. The quantitative estimate of drug-likeness (QED) is 0.228. The van der Waals surface area contributed by atoms with Gasteiger partial charge in [-0.25, -0.2) is 9.36 Å². The van der Waals surface area contributed by atoms with E-state index in [9.17, 15) is 39.5 Å². The summed E-state index contributed by atoms with van der Waals surface area (Å²) in [4.78, 5) is 33.2. The Labute approximate surface area is 178 Å². The maximum absolute atomic E-state index is 12.4. The van der Waals surface area contributed by atoms with Crippen LogP contribution in [-0.2, 0) is 34.4 Å². The lowest BCUT2D eigenvalue weighted by atomic mass is 9.93. The van der Waals surface area contributed by atoms with Crippen LogP contribution in [0.15, 0.2) is 30.3 Å². The molecule has 0 saturated carbocycles. The van der Waals surface area contributed by atoms with Crippen molar-refractivity contribution in [1.29, 1.82) is 0 Å². The SMILES string of the molecule is COP(=O)(O)OCC1OC(CC(=O)NC(Cc2ccccc2)C(=O)O)C(O)C(O)C1O. The molecule has 1 fully saturated rings. The molecule has 1 aliphatic heterocycles. The Morgan fingerprint density at radius 1 is 1.13 bits per heavy atom. The fraction of sp³-hybridized carbons (Fsp3) is 0.556. The first-order valence-corrected chi connectivity index (χ1v) is 10.8. The van der Waals surface area contributed by atoms with E-state index >= 15 is 0 Å². The van der Waals surface area contributed by atoms with Gasteiger partial charge >= 0.3 is 13.8 Å². The molecule has 31 heavy (non-hydrogen) atoms. The van der Waals surface area contributed by atoms with Crippen molar-refractivity contribution >= 4 is 19.7 Å². The number of benzene rings is 1. The molecule has 0 bridgehead atoms. The highest BCUT2D eigenvalue weighted by Gasteiger charge is 2.45. The summed E-state index contributed by atoms with van der Waals surface area (Å²) in [6.07, 6.45) is -8.28. The van der Waals surface area contributed by atoms with Crippen molar-refractivity contribution in [2.45, 2.75) is 49.4 Å². The molecule has 0 radical (unpaired) electrons. The van der Waals surface area contributed by atoms with Gasteiger partial charge in [-0.1, -0.05) is 30.3 Å². The molecule has 2 rings (SSSR count). The Balaban J connectivity index is 2.00. The summed E-state index contributed by atoms with van der Waals surface area (Å²) < 4.78 is 25.6. The average Bonchev–Trinajstić information content (AvgIpc) is 2.73. The number of amides is 1. The molecule has 1 aliphatic rings. The second-order valence-corrected chi connectivity index (χ2v) is 8.54. The second-order valence-electron chi connectivity index (χ2n) is 6.98. The molecule has 174 valence electrons. The largest absolute Gasteiger partial charge is 0.480 e. The van der Waals surface area contributed by atoms with Crippen LogP contribution in [-0.4, -0.2) is 87.5 Å². The topological polar surface area (TPSA) is 192 Å². The smallest absolute Gasteiger partial charge is 0.472 e. The predicted octanol–water partition coefficient (Wildman–Crippen LogP) is -1.20. The number of phosphoric ester groups is 1. The Kier molecular flexibility index (Phi) is 9.10. The monoisotopic (exact) mass is 463 g/mol. The third kappa shape index (κ3) is 7.34. The number of aliphatic hydroxyl groups excluding tert-OH is 3. The minimum atomic E-state index is -4.39. The number of phosphoric acid groups is 1. The van der Waals surface area contributed by atoms with Crippen LogP contribution in [0, 0.1) is 0 Å². The molecule has 0 spiro atoms. The van der Waals surface area contributed by atoms with Crippen molar-refractivity contribution in [2.75, 3.05) is 13.7 Å². The lowest BCUT2D eigenvalue weighted by Crippen LogP contribution is -2.59. The number of aliphatic hydroxyl groups is 3. The number of aliphatic carboxylic acids is 1. The standard InChI is InChI=1S/C18H26NO11P/c1-28-31(26,27)29-9-13-16(22)17(23)15(21)12(30-13)8-14(20)19-11(18(24)25)7-10-5-3-2-4-6-10/h2-6,11-13,15-17,21-23H,7-9H2,1H3,(H,19,20)(H,24,25)(H,26,27). The number of ether oxygens (including phenoxy) is 1. The zero-order chi connectivity index (χ0) is 23.2. The van der Waals surface area contributed by atoms with E-state index in [0.717, 1.165) is 7.11 Å². The van der Waals surface area contributed by atoms with Crippen molar-refractivity contribution in [3.8, 4) is 0 Å². The molecule has 7 unspecified atom stereocenters. The number of hydrogen-bond donors (Lipinski definition) is 6. The van der Waals surface area contributed by atoms with Gasteiger partial charge in [-0.15, -0.1) is 0 Å². The summed E-state index contributed by atoms with van der Waals surface area (Å²) in [6, 6.07) is 7.39. The van der Waals surface area contributed by atoms with E-state index in [2.05, 4.69) is 14.4 Å². The van der Waals surface area contributed by atoms with Gasteiger partial charge in [0.25, 0.3) is 0 Å². The van der Waals surface area contributed by atoms with Gasteiger partial charge in [0, 0.05) is 13.5 Å². The predicted molar refractivity (Wildman–Crippen MR) is 104 cm³/mol. The molecule has 13 heteroatoms. The Morgan fingerprint density at radius 2 is 1.74 bits per heavy atom. The van der Waals surface area contributed by atoms with Gasteiger partial charge in [0.15, 0.2) is 0 Å². The van der Waals surface area contributed by atoms with Crippen molar-refractivity contribution in [3.05, 3.63) is 35.9 Å². The van der Waals surface area contributed by atoms with E-state index in [1.165, 1.54) is 0 Å². The van der Waals surface area contributed by atoms with Crippen LogP contribution < -0.4 is 5.32 Å². The highest BCUT2D eigenvalue weighted by atomic mass is 31.2. The summed E-state index contributed by atoms with van der Waals surface area (Å²) >= 11 is 0. The van der Waals surface area contributed by atoms with Gasteiger partial charge in [0.1, 0.15) is 30.5 Å². The van der Waals surface area contributed by atoms with E-state index in [4.69, 9.17) is 4.74 Å². The molecule has 1 heterocycles. The highest BCUT2D eigenvalue weighted by molar-refractivity contribution is 7.47. The maximum Gasteiger partial charge on any atom is 0.472 e. The van der Waals surface area contributed by atoms with E-state index in [0.29, 0.717) is 5.56 Å². The molecule has 1 aromatic carbocycles. The average molecular weight is 463 g/mol. The van der Waals surface area contributed by atoms with Gasteiger partial charge in [-0.2, -0.15) is 0 Å². The fourth-order valence-electron chi connectivity index (χ4n) is 3.04. The summed E-state index contributed by atoms with van der Waals surface area (Å²) in [6.45, 7) is -0.670. The molecule has 0 aliphatic carbocycles. The van der Waals surface area contributed by atoms with Gasteiger partial charge in [-0.3, -0.25) is 13.8 Å². The number of nitrogens with one attached hydrogen (secondary N) is 1. The molecule has 12 nitrogen and oxygen atoms in total. The molecular weight excluding hydrogens is 437 g/mol. The van der Waals surface area contributed by atoms with Gasteiger partial charge in [-0.05, 0) is 5.56 Å². The van der Waals surface area contributed by atoms with E-state index in [1.807, 2.05) is 0 Å². The Bertz CT molecular complexity index is 792. The number of carboxylic acid groups (broad SMARTS) is 1. The molecule has 7 atom stereocenters. The third-order valence-corrected chi connectivity index (χ3v) is 5.68. The summed E-state index contributed by atoms with van der Waals surface area (Å²) in [5, 5.41) is 41.9. The summed E-state index contributed by atoms with van der Waals surface area (Å²) in [5.74, 6) is -2.04. The van der Waals surface area contributed by atoms with Crippen molar-refractivity contribution in [2.24, 2.45) is 0 Å². The number of rotatable bonds is 10. The van der Waals surface area contributed by atoms with Crippen LogP contribution in [0.1, 0.15) is 12.0 Å². The lowest BCUT2D eigenvalue weighted by molar-refractivity contribution is -0.228. The Hall–Kier alpha value is -1.89. The van der Waals surface area contributed by atoms with Crippen molar-refractivity contribution in [1.82, 2.24) is 5.32 Å². The number of hydrogen-bond acceptors (Lipinski definition) is 9. The first-order valence-electron chi connectivity index (χ1n) is 9.33. The number of carbonyl (C=O) groups is 2. The molecule has 1 saturated heterocycles. The van der Waals surface area contributed by atoms with Crippen LogP contribution in [0.3, 0.4) is 0 Å². The Morgan fingerprint density at radius 3 is 2.32 bits per heavy atom. The van der Waals surface area contributed by atoms with E-state index < -0.39 is 69.3 Å². The lowest BCUT2D eigenvalue weighted by Gasteiger charge is -2.40. The van der Waals surface area contributed by atoms with Gasteiger partial charge < -0.3 is 35.4 Å². The van der Waals surface area contributed by atoms with Crippen molar-refractivity contribution < 1.29 is 53.3 Å². The van der Waals surface area contributed by atoms with Crippen LogP contribution in [0.25, 0.3) is 0 Å². The van der Waals surface area contributed by atoms with Gasteiger partial charge in [0.05, 0.1) is 19.1 Å². The normalized spacial score (nSPS) is 29.0. The van der Waals surface area contributed by atoms with E-state index in [1.54, 1.807) is 30.3 Å². The zero-order valence-electron chi connectivity index (χ0n) is 16.6. The summed E-state index contributed by atoms with van der Waals surface area (Å²) in [5.41, 5.74) is 0.687. The molecule has 1 aromatic rings. The molecule has 1 amide bonds. The minimum absolute atomic E-state index is 0.0244. The third-order valence-electron chi connectivity index (χ3n) is 4.75. The van der Waals surface area contributed by atoms with E-state index in [-0.39, 0.29) is 6.42 Å². The number of carboxylic acids is 1. The van der Waals surface area contributed by atoms with Crippen LogP contribution >= 0.6 is 7.82 Å². The molecule has 0 aromatic heterocycles. The van der Waals surface area contributed by atoms with Crippen LogP contribution in [0.4, 0.5) is 0 Å². The second kappa shape index (κ2) is 11.1. The molecular formula is C18H26NO11P. The first kappa shape index (κ1) is 25.4.